The second-order valence-electron chi connectivity index (χ2n) is 7.25. The smallest absolute Gasteiger partial charge is 0.274 e. The molecule has 2 heterocycles. The van der Waals surface area contributed by atoms with Gasteiger partial charge in [-0.15, -0.1) is 0 Å². The largest absolute Gasteiger partial charge is 0.497 e. The predicted molar refractivity (Wildman–Crippen MR) is 118 cm³/mol. The molecule has 1 aliphatic heterocycles. The molecule has 168 valence electrons. The van der Waals surface area contributed by atoms with Gasteiger partial charge in [0.2, 0.25) is 0 Å². The van der Waals surface area contributed by atoms with Crippen molar-refractivity contribution < 1.29 is 27.9 Å². The summed E-state index contributed by atoms with van der Waals surface area (Å²) in [6, 6.07) is 9.95. The van der Waals surface area contributed by atoms with E-state index in [4.69, 9.17) is 19.7 Å². The lowest BCUT2D eigenvalue weighted by Gasteiger charge is -2.29. The molecule has 10 nitrogen and oxygen atoms in total. The number of methoxy groups -OCH3 is 2. The third-order valence-electron chi connectivity index (χ3n) is 5.32. The van der Waals surface area contributed by atoms with Crippen molar-refractivity contribution in [3.63, 3.8) is 0 Å². The van der Waals surface area contributed by atoms with Crippen molar-refractivity contribution in [2.45, 2.75) is 0 Å². The molecule has 11 heteroatoms. The van der Waals surface area contributed by atoms with Crippen LogP contribution in [0.3, 0.4) is 0 Å². The first-order valence-electron chi connectivity index (χ1n) is 9.79. The van der Waals surface area contributed by atoms with Crippen LogP contribution in [0.5, 0.6) is 11.5 Å². The molecule has 1 fully saturated rings. The van der Waals surface area contributed by atoms with Crippen LogP contribution >= 0.6 is 0 Å². The van der Waals surface area contributed by atoms with Gasteiger partial charge in [0.05, 0.1) is 36.6 Å². The third-order valence-corrected chi connectivity index (χ3v) is 6.93. The van der Waals surface area contributed by atoms with E-state index >= 15 is 0 Å². The molecule has 1 saturated heterocycles. The summed E-state index contributed by atoms with van der Waals surface area (Å²) < 4.78 is 34.8. The van der Waals surface area contributed by atoms with Crippen molar-refractivity contribution in [2.24, 2.45) is 0 Å². The van der Waals surface area contributed by atoms with Crippen LogP contribution in [0.1, 0.15) is 10.4 Å². The van der Waals surface area contributed by atoms with Crippen LogP contribution in [-0.2, 0) is 9.84 Å². The molecular formula is C21H22N4O6S. The summed E-state index contributed by atoms with van der Waals surface area (Å²) in [4.78, 5) is 23.0. The molecule has 2 aromatic carbocycles. The summed E-state index contributed by atoms with van der Waals surface area (Å²) in [6.07, 6.45) is 0. The maximum Gasteiger partial charge on any atom is 0.274 e. The Bertz CT molecular complexity index is 1260. The molecule has 0 unspecified atom stereocenters. The van der Waals surface area contributed by atoms with Crippen LogP contribution in [0, 0.1) is 0 Å². The number of benzene rings is 2. The quantitative estimate of drug-likeness (QED) is 0.433. The summed E-state index contributed by atoms with van der Waals surface area (Å²) in [5, 5.41) is 9.47. The van der Waals surface area contributed by atoms with E-state index in [0.717, 1.165) is 0 Å². The lowest BCUT2D eigenvalue weighted by atomic mass is 10.1. The number of carbonyl (C=O) groups is 1. The first kappa shape index (κ1) is 21.8. The number of fused-ring (bicyclic) bond motifs is 1. The second kappa shape index (κ2) is 8.60. The number of hydrogen-bond acceptors (Lipinski definition) is 9. The standard InChI is InChI=1S/C21H22N4O6S/c1-30-15-11-16-18(17(12-15)31-2)20(25-7-9-32(28,29)10-8-25)23-19(22-16)13-3-5-14(6-4-13)21(26)24-27/h3-6,11-12,27H,7-10H2,1-2H3,(H,24,26). The van der Waals surface area contributed by atoms with Crippen LogP contribution in [0.2, 0.25) is 0 Å². The number of aromatic nitrogens is 2. The Balaban J connectivity index is 1.88. The van der Waals surface area contributed by atoms with Gasteiger partial charge in [-0.05, 0) is 12.1 Å². The number of rotatable bonds is 5. The Morgan fingerprint density at radius 2 is 1.75 bits per heavy atom. The normalized spacial score (nSPS) is 15.4. The van der Waals surface area contributed by atoms with Crippen LogP contribution in [0.15, 0.2) is 36.4 Å². The fourth-order valence-corrected chi connectivity index (χ4v) is 4.78. The van der Waals surface area contributed by atoms with E-state index in [2.05, 4.69) is 4.98 Å². The van der Waals surface area contributed by atoms with Crippen molar-refractivity contribution in [2.75, 3.05) is 43.7 Å². The minimum atomic E-state index is -3.08. The minimum Gasteiger partial charge on any atom is -0.497 e. The van der Waals surface area contributed by atoms with Gasteiger partial charge in [-0.3, -0.25) is 10.0 Å². The molecule has 2 N–H and O–H groups in total. The molecule has 0 atom stereocenters. The van der Waals surface area contributed by atoms with E-state index in [-0.39, 0.29) is 17.1 Å². The fourth-order valence-electron chi connectivity index (χ4n) is 3.58. The average Bonchev–Trinajstić information content (AvgIpc) is 2.82. The number of hydrogen-bond donors (Lipinski definition) is 2. The maximum atomic E-state index is 11.9. The molecule has 0 radical (unpaired) electrons. The van der Waals surface area contributed by atoms with E-state index in [1.165, 1.54) is 7.11 Å². The lowest BCUT2D eigenvalue weighted by molar-refractivity contribution is 0.0706. The molecule has 4 rings (SSSR count). The predicted octanol–water partition coefficient (Wildman–Crippen LogP) is 1.67. The van der Waals surface area contributed by atoms with Crippen LogP contribution < -0.4 is 19.9 Å². The van der Waals surface area contributed by atoms with Gasteiger partial charge in [-0.25, -0.2) is 23.9 Å². The van der Waals surface area contributed by atoms with E-state index in [9.17, 15) is 13.2 Å². The van der Waals surface area contributed by atoms with Gasteiger partial charge >= 0.3 is 0 Å². The van der Waals surface area contributed by atoms with Crippen LogP contribution in [-0.4, -0.2) is 68.3 Å². The Morgan fingerprint density at radius 3 is 2.34 bits per heavy atom. The number of ether oxygens (including phenoxy) is 2. The highest BCUT2D eigenvalue weighted by molar-refractivity contribution is 7.91. The van der Waals surface area contributed by atoms with Gasteiger partial charge in [0.15, 0.2) is 15.7 Å². The van der Waals surface area contributed by atoms with Crippen molar-refractivity contribution >= 4 is 32.5 Å². The Hall–Kier alpha value is -3.44. The summed E-state index contributed by atoms with van der Waals surface area (Å²) in [7, 11) is 0.00920. The number of hydroxylamine groups is 1. The van der Waals surface area contributed by atoms with Crippen molar-refractivity contribution in [3.8, 4) is 22.9 Å². The number of amides is 1. The van der Waals surface area contributed by atoms with Gasteiger partial charge in [0.25, 0.3) is 5.91 Å². The molecule has 0 spiro atoms. The van der Waals surface area contributed by atoms with Crippen LogP contribution in [0.25, 0.3) is 22.3 Å². The fraction of sp³-hybridized carbons (Fsp3) is 0.286. The van der Waals surface area contributed by atoms with Gasteiger partial charge in [-0.1, -0.05) is 12.1 Å². The van der Waals surface area contributed by atoms with E-state index in [1.54, 1.807) is 49.0 Å². The minimum absolute atomic E-state index is 0.0390. The highest BCUT2D eigenvalue weighted by Gasteiger charge is 2.26. The molecule has 3 aromatic rings. The zero-order valence-corrected chi connectivity index (χ0v) is 18.3. The molecule has 1 aromatic heterocycles. The molecule has 0 aliphatic carbocycles. The van der Waals surface area contributed by atoms with Gasteiger partial charge in [0, 0.05) is 36.3 Å². The van der Waals surface area contributed by atoms with Gasteiger partial charge in [0.1, 0.15) is 17.3 Å². The SMILES string of the molecule is COc1cc(OC)c2c(N3CCS(=O)(=O)CC3)nc(-c3ccc(C(=O)NO)cc3)nc2c1. The Morgan fingerprint density at radius 1 is 1.06 bits per heavy atom. The maximum absolute atomic E-state index is 11.9. The molecule has 32 heavy (non-hydrogen) atoms. The second-order valence-corrected chi connectivity index (χ2v) is 9.56. The van der Waals surface area contributed by atoms with E-state index in [1.807, 2.05) is 4.90 Å². The van der Waals surface area contributed by atoms with Gasteiger partial charge in [-0.2, -0.15) is 0 Å². The molecule has 0 bridgehead atoms. The first-order valence-corrected chi connectivity index (χ1v) is 11.6. The molecule has 0 saturated carbocycles. The Labute approximate surface area is 184 Å². The van der Waals surface area contributed by atoms with E-state index in [0.29, 0.717) is 52.7 Å². The number of nitrogens with zero attached hydrogens (tertiary/aromatic N) is 3. The van der Waals surface area contributed by atoms with Crippen molar-refractivity contribution in [1.82, 2.24) is 15.4 Å². The molecule has 1 aliphatic rings. The zero-order valence-electron chi connectivity index (χ0n) is 17.5. The first-order chi connectivity index (χ1) is 15.3. The number of anilines is 1. The van der Waals surface area contributed by atoms with Crippen LogP contribution in [0.4, 0.5) is 5.82 Å². The summed E-state index contributed by atoms with van der Waals surface area (Å²) in [6.45, 7) is 0.608. The van der Waals surface area contributed by atoms with Gasteiger partial charge < -0.3 is 14.4 Å². The highest BCUT2D eigenvalue weighted by atomic mass is 32.2. The zero-order chi connectivity index (χ0) is 22.9. The highest BCUT2D eigenvalue weighted by Crippen LogP contribution is 2.38. The summed E-state index contributed by atoms with van der Waals surface area (Å²) in [5.41, 5.74) is 3.10. The number of carbonyl (C=O) groups excluding carboxylic acids is 1. The van der Waals surface area contributed by atoms with Crippen molar-refractivity contribution in [1.29, 1.82) is 0 Å². The summed E-state index contributed by atoms with van der Waals surface area (Å²) >= 11 is 0. The molecule has 1 amide bonds. The average molecular weight is 458 g/mol. The number of nitrogens with one attached hydrogen (secondary N) is 1. The summed E-state index contributed by atoms with van der Waals surface area (Å²) in [5.74, 6) is 1.49. The number of sulfone groups is 1. The lowest BCUT2D eigenvalue weighted by Crippen LogP contribution is -2.40. The molecular weight excluding hydrogens is 436 g/mol. The monoisotopic (exact) mass is 458 g/mol. The Kier molecular flexibility index (Phi) is 5.85. The topological polar surface area (TPSA) is 131 Å². The third kappa shape index (κ3) is 4.16. The van der Waals surface area contributed by atoms with E-state index < -0.39 is 15.7 Å². The van der Waals surface area contributed by atoms with Crippen molar-refractivity contribution in [3.05, 3.63) is 42.0 Å².